The van der Waals surface area contributed by atoms with Gasteiger partial charge >= 0.3 is 5.97 Å². The molecule has 1 aromatic heterocycles. The van der Waals surface area contributed by atoms with E-state index in [1.54, 1.807) is 0 Å². The standard InChI is InChI=1S/C14H15ClN2O3S/c1-14(8-18,9-6-4-3-5-7-9)17-13-16-11(15)10(21-13)12(19)20-2/h3-7,18H,8H2,1-2H3,(H,16,17). The van der Waals surface area contributed by atoms with Gasteiger partial charge in [-0.05, 0) is 12.5 Å². The van der Waals surface area contributed by atoms with Crippen molar-refractivity contribution in [2.75, 3.05) is 19.0 Å². The second kappa shape index (κ2) is 6.43. The van der Waals surface area contributed by atoms with Crippen molar-refractivity contribution in [1.82, 2.24) is 4.98 Å². The molecule has 5 nitrogen and oxygen atoms in total. The summed E-state index contributed by atoms with van der Waals surface area (Å²) in [7, 11) is 1.29. The highest BCUT2D eigenvalue weighted by Crippen LogP contribution is 2.32. The van der Waals surface area contributed by atoms with E-state index in [1.165, 1.54) is 7.11 Å². The summed E-state index contributed by atoms with van der Waals surface area (Å²) in [6.45, 7) is 1.71. The monoisotopic (exact) mass is 326 g/mol. The first kappa shape index (κ1) is 15.8. The average Bonchev–Trinajstić information content (AvgIpc) is 2.87. The maximum absolute atomic E-state index is 11.5. The first-order chi connectivity index (χ1) is 10.00. The van der Waals surface area contributed by atoms with Gasteiger partial charge < -0.3 is 15.2 Å². The van der Waals surface area contributed by atoms with Gasteiger partial charge in [0.05, 0.1) is 19.3 Å². The Bertz CT molecular complexity index is 632. The molecule has 0 aliphatic heterocycles. The van der Waals surface area contributed by atoms with Crippen molar-refractivity contribution in [2.45, 2.75) is 12.5 Å². The number of ether oxygens (including phenoxy) is 1. The first-order valence-electron chi connectivity index (χ1n) is 6.19. The number of anilines is 1. The van der Waals surface area contributed by atoms with Crippen LogP contribution in [-0.2, 0) is 10.3 Å². The molecule has 1 unspecified atom stereocenters. The minimum atomic E-state index is -0.726. The molecule has 2 aromatic rings. The van der Waals surface area contributed by atoms with Crippen molar-refractivity contribution in [1.29, 1.82) is 0 Å². The molecule has 0 amide bonds. The molecule has 1 aromatic carbocycles. The van der Waals surface area contributed by atoms with Crippen molar-refractivity contribution in [2.24, 2.45) is 0 Å². The lowest BCUT2D eigenvalue weighted by Gasteiger charge is -2.29. The Balaban J connectivity index is 2.29. The smallest absolute Gasteiger partial charge is 0.351 e. The number of rotatable bonds is 5. The summed E-state index contributed by atoms with van der Waals surface area (Å²) in [5.74, 6) is -0.532. The molecular weight excluding hydrogens is 312 g/mol. The first-order valence-corrected chi connectivity index (χ1v) is 7.39. The SMILES string of the molecule is COC(=O)c1sc(NC(C)(CO)c2ccccc2)nc1Cl. The Morgan fingerprint density at radius 2 is 2.14 bits per heavy atom. The zero-order valence-electron chi connectivity index (χ0n) is 11.6. The number of nitrogens with one attached hydrogen (secondary N) is 1. The minimum absolute atomic E-state index is 0.0858. The van der Waals surface area contributed by atoms with Gasteiger partial charge in [-0.1, -0.05) is 53.3 Å². The number of aromatic nitrogens is 1. The predicted molar refractivity (Wildman–Crippen MR) is 83.0 cm³/mol. The summed E-state index contributed by atoms with van der Waals surface area (Å²) >= 11 is 7.02. The molecule has 0 bridgehead atoms. The predicted octanol–water partition coefficient (Wildman–Crippen LogP) is 2.90. The molecule has 0 aliphatic carbocycles. The van der Waals surface area contributed by atoms with Crippen LogP contribution in [0.2, 0.25) is 5.15 Å². The third-order valence-electron chi connectivity index (χ3n) is 3.07. The Kier molecular flexibility index (Phi) is 4.82. The molecule has 2 rings (SSSR count). The zero-order valence-corrected chi connectivity index (χ0v) is 13.2. The number of nitrogens with zero attached hydrogens (tertiary/aromatic N) is 1. The van der Waals surface area contributed by atoms with Crippen LogP contribution in [-0.4, -0.2) is 29.8 Å². The maximum atomic E-state index is 11.5. The Labute approximate surface area is 131 Å². The highest BCUT2D eigenvalue weighted by atomic mass is 35.5. The summed E-state index contributed by atoms with van der Waals surface area (Å²) in [6.07, 6.45) is 0. The zero-order chi connectivity index (χ0) is 15.5. The molecule has 0 saturated carbocycles. The molecule has 0 saturated heterocycles. The lowest BCUT2D eigenvalue weighted by molar-refractivity contribution is 0.0606. The van der Waals surface area contributed by atoms with E-state index in [1.807, 2.05) is 37.3 Å². The Hall–Kier alpha value is -1.63. The number of hydrogen-bond donors (Lipinski definition) is 2. The fourth-order valence-electron chi connectivity index (χ4n) is 1.82. The lowest BCUT2D eigenvalue weighted by atomic mass is 9.93. The number of aliphatic hydroxyl groups excluding tert-OH is 1. The van der Waals surface area contributed by atoms with Crippen LogP contribution in [0.25, 0.3) is 0 Å². The Morgan fingerprint density at radius 1 is 1.48 bits per heavy atom. The van der Waals surface area contributed by atoms with E-state index >= 15 is 0 Å². The minimum Gasteiger partial charge on any atom is -0.465 e. The van der Waals surface area contributed by atoms with Crippen LogP contribution in [0, 0.1) is 0 Å². The van der Waals surface area contributed by atoms with Crippen molar-refractivity contribution < 1.29 is 14.6 Å². The van der Waals surface area contributed by atoms with E-state index in [2.05, 4.69) is 15.0 Å². The van der Waals surface area contributed by atoms with E-state index in [0.717, 1.165) is 16.9 Å². The van der Waals surface area contributed by atoms with Gasteiger partial charge in [0.25, 0.3) is 0 Å². The van der Waals surface area contributed by atoms with Gasteiger partial charge in [0.1, 0.15) is 0 Å². The van der Waals surface area contributed by atoms with Gasteiger partial charge in [-0.2, -0.15) is 0 Å². The number of aliphatic hydroxyl groups is 1. The third-order valence-corrected chi connectivity index (χ3v) is 4.40. The Morgan fingerprint density at radius 3 is 2.71 bits per heavy atom. The third kappa shape index (κ3) is 3.34. The number of thiazole rings is 1. The number of esters is 1. The van der Waals surface area contributed by atoms with Crippen molar-refractivity contribution >= 4 is 34.0 Å². The normalized spacial score (nSPS) is 13.5. The van der Waals surface area contributed by atoms with Gasteiger partial charge in [0, 0.05) is 0 Å². The summed E-state index contributed by atoms with van der Waals surface area (Å²) < 4.78 is 4.64. The fraction of sp³-hybridized carbons (Fsp3) is 0.286. The molecule has 0 fully saturated rings. The fourth-order valence-corrected chi connectivity index (χ4v) is 3.05. The molecule has 1 heterocycles. The van der Waals surface area contributed by atoms with Crippen LogP contribution in [0.15, 0.2) is 30.3 Å². The van der Waals surface area contributed by atoms with Gasteiger partial charge in [-0.3, -0.25) is 0 Å². The molecule has 0 aliphatic rings. The van der Waals surface area contributed by atoms with Crippen LogP contribution in [0.3, 0.4) is 0 Å². The van der Waals surface area contributed by atoms with E-state index in [0.29, 0.717) is 5.13 Å². The average molecular weight is 327 g/mol. The molecule has 112 valence electrons. The van der Waals surface area contributed by atoms with E-state index in [9.17, 15) is 9.90 Å². The molecule has 0 spiro atoms. The van der Waals surface area contributed by atoms with Crippen LogP contribution in [0.4, 0.5) is 5.13 Å². The quantitative estimate of drug-likeness (QED) is 0.827. The number of benzene rings is 1. The molecule has 0 radical (unpaired) electrons. The summed E-state index contributed by atoms with van der Waals surface area (Å²) in [4.78, 5) is 15.9. The number of halogens is 1. The number of carbonyl (C=O) groups excluding carboxylic acids is 1. The van der Waals surface area contributed by atoms with Crippen molar-refractivity contribution in [3.63, 3.8) is 0 Å². The van der Waals surface area contributed by atoms with Crippen LogP contribution >= 0.6 is 22.9 Å². The molecule has 7 heteroatoms. The molecule has 2 N–H and O–H groups in total. The number of hydrogen-bond acceptors (Lipinski definition) is 6. The topological polar surface area (TPSA) is 71.5 Å². The van der Waals surface area contributed by atoms with E-state index < -0.39 is 11.5 Å². The van der Waals surface area contributed by atoms with E-state index in [4.69, 9.17) is 11.6 Å². The van der Waals surface area contributed by atoms with Crippen molar-refractivity contribution in [3.05, 3.63) is 45.9 Å². The second-order valence-electron chi connectivity index (χ2n) is 4.61. The lowest BCUT2D eigenvalue weighted by Crippen LogP contribution is -2.35. The summed E-state index contributed by atoms with van der Waals surface area (Å²) in [6, 6.07) is 9.48. The molecule has 1 atom stereocenters. The molecular formula is C14H15ClN2O3S. The van der Waals surface area contributed by atoms with Gasteiger partial charge in [-0.25, -0.2) is 9.78 Å². The van der Waals surface area contributed by atoms with Gasteiger partial charge in [0.15, 0.2) is 15.2 Å². The van der Waals surface area contributed by atoms with Crippen LogP contribution < -0.4 is 5.32 Å². The van der Waals surface area contributed by atoms with Crippen LogP contribution in [0.5, 0.6) is 0 Å². The number of methoxy groups -OCH3 is 1. The largest absolute Gasteiger partial charge is 0.465 e. The highest BCUT2D eigenvalue weighted by Gasteiger charge is 2.28. The maximum Gasteiger partial charge on any atom is 0.351 e. The second-order valence-corrected chi connectivity index (χ2v) is 5.97. The summed E-state index contributed by atoms with van der Waals surface area (Å²) in [5.41, 5.74) is 0.175. The van der Waals surface area contributed by atoms with E-state index in [-0.39, 0.29) is 16.6 Å². The van der Waals surface area contributed by atoms with Crippen molar-refractivity contribution in [3.8, 4) is 0 Å². The van der Waals surface area contributed by atoms with Gasteiger partial charge in [0.2, 0.25) is 0 Å². The summed E-state index contributed by atoms with van der Waals surface area (Å²) in [5, 5.41) is 13.4. The molecule has 21 heavy (non-hydrogen) atoms. The van der Waals surface area contributed by atoms with Crippen LogP contribution in [0.1, 0.15) is 22.2 Å². The van der Waals surface area contributed by atoms with Gasteiger partial charge in [-0.15, -0.1) is 0 Å². The number of carbonyl (C=O) groups is 1. The highest BCUT2D eigenvalue weighted by molar-refractivity contribution is 7.18.